The van der Waals surface area contributed by atoms with Crippen molar-refractivity contribution in [1.82, 2.24) is 14.5 Å². The largest absolute Gasteiger partial charge is 0.357 e. The van der Waals surface area contributed by atoms with E-state index in [4.69, 9.17) is 11.6 Å². The summed E-state index contributed by atoms with van der Waals surface area (Å²) in [6.07, 6.45) is 0.178. The van der Waals surface area contributed by atoms with Gasteiger partial charge in [-0.2, -0.15) is 0 Å². The van der Waals surface area contributed by atoms with Gasteiger partial charge in [-0.3, -0.25) is 14.4 Å². The summed E-state index contributed by atoms with van der Waals surface area (Å²) < 4.78 is 26.7. The fourth-order valence-electron chi connectivity index (χ4n) is 4.13. The average molecular weight is 526 g/mol. The van der Waals surface area contributed by atoms with E-state index in [1.807, 2.05) is 30.3 Å². The molecule has 0 bridgehead atoms. The van der Waals surface area contributed by atoms with Gasteiger partial charge in [0.2, 0.25) is 11.8 Å². The van der Waals surface area contributed by atoms with Crippen molar-refractivity contribution in [3.05, 3.63) is 101 Å². The van der Waals surface area contributed by atoms with Crippen LogP contribution in [0.3, 0.4) is 0 Å². The molecule has 10 heteroatoms. The molecular formula is C26H24ClN3O5S. The molecule has 8 nitrogen and oxygen atoms in total. The Balaban J connectivity index is 1.71. The van der Waals surface area contributed by atoms with Crippen LogP contribution in [0, 0.1) is 0 Å². The molecule has 0 fully saturated rings. The van der Waals surface area contributed by atoms with Crippen LogP contribution in [0.2, 0.25) is 5.02 Å². The van der Waals surface area contributed by atoms with Gasteiger partial charge in [0, 0.05) is 25.0 Å². The van der Waals surface area contributed by atoms with Crippen molar-refractivity contribution >= 4 is 39.3 Å². The molecule has 4 rings (SSSR count). The Bertz CT molecular complexity index is 1410. The van der Waals surface area contributed by atoms with Crippen LogP contribution < -0.4 is 5.32 Å². The first-order chi connectivity index (χ1) is 17.2. The van der Waals surface area contributed by atoms with E-state index in [0.29, 0.717) is 14.9 Å². The standard InChI is InChI=1S/C26H24ClN3O5S/c1-28-25(32)22(15-18-9-3-2-4-10-18)29(16-19-11-5-7-13-21(19)27)24(31)17-30-26(33)20-12-6-8-14-23(20)36(30,34)35/h2-14,22H,15-17H2,1H3,(H,28,32)/t22-/m1/s1. The van der Waals surface area contributed by atoms with Crippen LogP contribution in [0.15, 0.2) is 83.8 Å². The fraction of sp³-hybridized carbons (Fsp3) is 0.192. The Morgan fingerprint density at radius 1 is 0.972 bits per heavy atom. The van der Waals surface area contributed by atoms with Gasteiger partial charge in [0.1, 0.15) is 17.5 Å². The van der Waals surface area contributed by atoms with Crippen molar-refractivity contribution in [3.63, 3.8) is 0 Å². The summed E-state index contributed by atoms with van der Waals surface area (Å²) in [6, 6.07) is 20.9. The lowest BCUT2D eigenvalue weighted by atomic mass is 10.0. The maximum absolute atomic E-state index is 13.7. The van der Waals surface area contributed by atoms with Crippen molar-refractivity contribution in [1.29, 1.82) is 0 Å². The Hall–Kier alpha value is -3.69. The normalized spacial score (nSPS) is 14.7. The summed E-state index contributed by atoms with van der Waals surface area (Å²) in [6.45, 7) is -0.805. The van der Waals surface area contributed by atoms with Gasteiger partial charge >= 0.3 is 0 Å². The zero-order valence-corrected chi connectivity index (χ0v) is 21.0. The summed E-state index contributed by atoms with van der Waals surface area (Å²) in [5.41, 5.74) is 1.39. The lowest BCUT2D eigenvalue weighted by molar-refractivity contribution is -0.140. The Kier molecular flexibility index (Phi) is 7.42. The van der Waals surface area contributed by atoms with Crippen molar-refractivity contribution in [2.24, 2.45) is 0 Å². The molecule has 0 saturated carbocycles. The number of amides is 3. The molecule has 3 aromatic rings. The topological polar surface area (TPSA) is 104 Å². The van der Waals surface area contributed by atoms with Gasteiger partial charge in [0.15, 0.2) is 0 Å². The smallest absolute Gasteiger partial charge is 0.269 e. The van der Waals surface area contributed by atoms with E-state index in [9.17, 15) is 22.8 Å². The van der Waals surface area contributed by atoms with E-state index in [0.717, 1.165) is 5.56 Å². The molecular weight excluding hydrogens is 502 g/mol. The highest BCUT2D eigenvalue weighted by Gasteiger charge is 2.43. The second-order valence-corrected chi connectivity index (χ2v) is 10.5. The molecule has 0 spiro atoms. The highest BCUT2D eigenvalue weighted by molar-refractivity contribution is 7.90. The Labute approximate surface area is 214 Å². The molecule has 1 N–H and O–H groups in total. The second kappa shape index (κ2) is 10.5. The van der Waals surface area contributed by atoms with Crippen molar-refractivity contribution < 1.29 is 22.8 Å². The van der Waals surface area contributed by atoms with E-state index >= 15 is 0 Å². The number of carbonyl (C=O) groups is 3. The van der Waals surface area contributed by atoms with Crippen LogP contribution in [-0.2, 0) is 32.6 Å². The average Bonchev–Trinajstić information content (AvgIpc) is 3.08. The summed E-state index contributed by atoms with van der Waals surface area (Å²) in [4.78, 5) is 40.7. The molecule has 3 amide bonds. The van der Waals surface area contributed by atoms with Crippen molar-refractivity contribution in [2.45, 2.75) is 23.9 Å². The number of halogens is 1. The molecule has 0 aromatic heterocycles. The van der Waals surface area contributed by atoms with E-state index in [-0.39, 0.29) is 23.4 Å². The first-order valence-electron chi connectivity index (χ1n) is 11.2. The van der Waals surface area contributed by atoms with Crippen molar-refractivity contribution in [2.75, 3.05) is 13.6 Å². The van der Waals surface area contributed by atoms with E-state index in [1.54, 1.807) is 30.3 Å². The van der Waals surface area contributed by atoms with Crippen LogP contribution in [0.1, 0.15) is 21.5 Å². The second-order valence-electron chi connectivity index (χ2n) is 8.25. The number of nitrogens with zero attached hydrogens (tertiary/aromatic N) is 2. The lowest BCUT2D eigenvalue weighted by Gasteiger charge is -2.32. The first kappa shape index (κ1) is 25.4. The zero-order valence-electron chi connectivity index (χ0n) is 19.4. The first-order valence-corrected chi connectivity index (χ1v) is 13.0. The van der Waals surface area contributed by atoms with E-state index in [1.165, 1.54) is 30.1 Å². The van der Waals surface area contributed by atoms with Crippen LogP contribution in [0.25, 0.3) is 0 Å². The SMILES string of the molecule is CNC(=O)[C@@H](Cc1ccccc1)N(Cc1ccccc1Cl)C(=O)CN1C(=O)c2ccccc2S1(=O)=O. The van der Waals surface area contributed by atoms with Crippen molar-refractivity contribution in [3.8, 4) is 0 Å². The van der Waals surface area contributed by atoms with E-state index in [2.05, 4.69) is 5.32 Å². The predicted octanol–water partition coefficient (Wildman–Crippen LogP) is 2.87. The Morgan fingerprint density at radius 2 is 1.61 bits per heavy atom. The summed E-state index contributed by atoms with van der Waals surface area (Å²) >= 11 is 6.35. The molecule has 0 aliphatic carbocycles. The molecule has 0 unspecified atom stereocenters. The van der Waals surface area contributed by atoms with Gasteiger partial charge in [-0.05, 0) is 29.3 Å². The van der Waals surface area contributed by atoms with Gasteiger partial charge in [0.05, 0.1) is 5.56 Å². The minimum Gasteiger partial charge on any atom is -0.357 e. The molecule has 3 aromatic carbocycles. The summed E-state index contributed by atoms with van der Waals surface area (Å²) in [5, 5.41) is 2.98. The van der Waals surface area contributed by atoms with Gasteiger partial charge in [0.25, 0.3) is 15.9 Å². The van der Waals surface area contributed by atoms with Crippen LogP contribution in [0.4, 0.5) is 0 Å². The molecule has 1 heterocycles. The maximum atomic E-state index is 13.7. The van der Waals surface area contributed by atoms with Crippen LogP contribution >= 0.6 is 11.6 Å². The summed E-state index contributed by atoms with van der Waals surface area (Å²) in [7, 11) is -2.74. The third kappa shape index (κ3) is 4.98. The monoisotopic (exact) mass is 525 g/mol. The number of benzene rings is 3. The molecule has 36 heavy (non-hydrogen) atoms. The molecule has 186 valence electrons. The zero-order chi connectivity index (χ0) is 25.9. The minimum atomic E-state index is -4.21. The van der Waals surface area contributed by atoms with E-state index < -0.39 is 40.3 Å². The summed E-state index contributed by atoms with van der Waals surface area (Å²) in [5.74, 6) is -1.92. The number of fused-ring (bicyclic) bond motifs is 1. The van der Waals surface area contributed by atoms with Gasteiger partial charge < -0.3 is 10.2 Å². The number of hydrogen-bond acceptors (Lipinski definition) is 5. The third-order valence-electron chi connectivity index (χ3n) is 6.01. The quantitative estimate of drug-likeness (QED) is 0.487. The molecule has 1 atom stereocenters. The van der Waals surface area contributed by atoms with Gasteiger partial charge in [-0.1, -0.05) is 72.3 Å². The van der Waals surface area contributed by atoms with Crippen LogP contribution in [-0.4, -0.2) is 55.0 Å². The number of nitrogens with one attached hydrogen (secondary N) is 1. The lowest BCUT2D eigenvalue weighted by Crippen LogP contribution is -2.52. The number of rotatable bonds is 8. The van der Waals surface area contributed by atoms with Gasteiger partial charge in [-0.25, -0.2) is 12.7 Å². The molecule has 0 radical (unpaired) electrons. The van der Waals surface area contributed by atoms with Gasteiger partial charge in [-0.15, -0.1) is 0 Å². The maximum Gasteiger partial charge on any atom is 0.269 e. The highest BCUT2D eigenvalue weighted by atomic mass is 35.5. The number of likely N-dealkylation sites (N-methyl/N-ethyl adjacent to an activating group) is 1. The fourth-order valence-corrected chi connectivity index (χ4v) is 5.85. The molecule has 1 aliphatic heterocycles. The number of carbonyl (C=O) groups excluding carboxylic acids is 3. The molecule has 0 saturated heterocycles. The Morgan fingerprint density at radius 3 is 2.28 bits per heavy atom. The predicted molar refractivity (Wildman–Crippen MR) is 135 cm³/mol. The minimum absolute atomic E-state index is 0.00934. The number of hydrogen-bond donors (Lipinski definition) is 1. The highest BCUT2D eigenvalue weighted by Crippen LogP contribution is 2.30. The molecule has 1 aliphatic rings. The number of sulfonamides is 1. The third-order valence-corrected chi connectivity index (χ3v) is 8.16. The van der Waals surface area contributed by atoms with Crippen LogP contribution in [0.5, 0.6) is 0 Å².